The number of hydrogen-bond donors (Lipinski definition) is 2. The van der Waals surface area contributed by atoms with Crippen molar-refractivity contribution < 1.29 is 51.2 Å². The molecule has 4 rings (SSSR count). The van der Waals surface area contributed by atoms with Crippen molar-refractivity contribution in [3.05, 3.63) is 34.2 Å². The normalized spacial score (nSPS) is 21.0. The molecule has 1 saturated heterocycles. The Bertz CT molecular complexity index is 1290. The fraction of sp³-hybridized carbons (Fsp3) is 0.656. The van der Waals surface area contributed by atoms with Gasteiger partial charge in [-0.2, -0.15) is 0 Å². The van der Waals surface area contributed by atoms with Crippen molar-refractivity contribution in [2.45, 2.75) is 91.2 Å². The van der Waals surface area contributed by atoms with Gasteiger partial charge >= 0.3 is 0 Å². The van der Waals surface area contributed by atoms with Crippen LogP contribution in [0.3, 0.4) is 0 Å². The van der Waals surface area contributed by atoms with Crippen LogP contribution in [0, 0.1) is 23.2 Å². The van der Waals surface area contributed by atoms with E-state index in [1.165, 1.54) is 37.7 Å². The zero-order valence-electron chi connectivity index (χ0n) is 27.1. The molecule has 1 radical (unpaired) electrons. The maximum Gasteiger partial charge on any atom is 0.270 e. The van der Waals surface area contributed by atoms with Crippen molar-refractivity contribution in [1.82, 2.24) is 14.9 Å². The largest absolute Gasteiger partial charge is 0.540 e. The van der Waals surface area contributed by atoms with E-state index >= 15 is 0 Å². The molecule has 2 aliphatic rings. The van der Waals surface area contributed by atoms with Gasteiger partial charge in [0.2, 0.25) is 18.7 Å². The zero-order valence-corrected chi connectivity index (χ0v) is 28.5. The maximum atomic E-state index is 12.8. The zero-order chi connectivity index (χ0) is 33.0. The Labute approximate surface area is 276 Å². The molecule has 1 saturated carbocycles. The summed E-state index contributed by atoms with van der Waals surface area (Å²) in [5.41, 5.74) is 5.83. The Morgan fingerprint density at radius 2 is 1.89 bits per heavy atom. The van der Waals surface area contributed by atoms with E-state index in [1.807, 2.05) is 39.0 Å². The number of ether oxygens (including phenoxy) is 2. The number of hydrogen-bond acceptors (Lipinski definition) is 7. The van der Waals surface area contributed by atoms with Crippen molar-refractivity contribution in [3.63, 3.8) is 0 Å². The number of amides is 2. The van der Waals surface area contributed by atoms with E-state index in [4.69, 9.17) is 14.3 Å². The van der Waals surface area contributed by atoms with Crippen molar-refractivity contribution in [3.8, 4) is 5.75 Å². The minimum atomic E-state index is -2.63. The van der Waals surface area contributed by atoms with Crippen LogP contribution in [0.15, 0.2) is 23.0 Å². The van der Waals surface area contributed by atoms with Gasteiger partial charge in [0.1, 0.15) is 17.5 Å². The van der Waals surface area contributed by atoms with E-state index in [2.05, 4.69) is 22.6 Å². The molecular weight excluding hydrogens is 625 g/mol. The molecule has 1 aliphatic carbocycles. The van der Waals surface area contributed by atoms with E-state index < -0.39 is 35.8 Å². The molecule has 1 aromatic heterocycles. The van der Waals surface area contributed by atoms with Crippen LogP contribution >= 0.6 is 0 Å². The van der Waals surface area contributed by atoms with Gasteiger partial charge in [-0.3, -0.25) is 14.4 Å². The second-order valence-corrected chi connectivity index (χ2v) is 12.5. The number of aryl methyl sites for hydroxylation is 1. The minimum Gasteiger partial charge on any atom is -0.540 e. The van der Waals surface area contributed by atoms with E-state index in [1.54, 1.807) is 13.4 Å². The number of nitrogens with one attached hydrogen (secondary N) is 1. The first-order valence-corrected chi connectivity index (χ1v) is 15.0. The van der Waals surface area contributed by atoms with Gasteiger partial charge in [0.25, 0.3) is 5.56 Å². The molecule has 0 spiro atoms. The standard InChI is InChI=1S/C18H24N2O2.C13H20F2NO3.CH3NO.V/c1-12-10-13(12)6-4-3-5-7-16-18(21)20-17-11-14(22-2)8-9-15(17)19-16;1-13(2,3)10(19-4)12(18)16-6-5-8(11(14)15)9(16)7-17;2-1-3;/h8-9,11-13H,3-7,10H2,1-2H3,(H,20,21);8-11H,5-6H2,1-4H3;1H,(H2,2,3);/q;-1;;/t;8?,9?,10-;;/m.1../s1. The number of methoxy groups -OCH3 is 2. The van der Waals surface area contributed by atoms with Crippen molar-refractivity contribution in [1.29, 1.82) is 0 Å². The fourth-order valence-corrected chi connectivity index (χ4v) is 5.53. The number of fused-ring (bicyclic) bond motifs is 1. The van der Waals surface area contributed by atoms with Gasteiger partial charge in [0.15, 0.2) is 0 Å². The van der Waals surface area contributed by atoms with Gasteiger partial charge in [-0.1, -0.05) is 53.0 Å². The molecule has 2 amide bonds. The van der Waals surface area contributed by atoms with Crippen molar-refractivity contribution >= 4 is 29.6 Å². The van der Waals surface area contributed by atoms with Crippen LogP contribution in [-0.2, 0) is 44.1 Å². The smallest absolute Gasteiger partial charge is 0.270 e. The number of aromatic amines is 1. The predicted octanol–water partition coefficient (Wildman–Crippen LogP) is 4.43. The first-order valence-electron chi connectivity index (χ1n) is 15.0. The third-order valence-electron chi connectivity index (χ3n) is 8.15. The van der Waals surface area contributed by atoms with E-state index in [0.717, 1.165) is 41.5 Å². The van der Waals surface area contributed by atoms with Crippen molar-refractivity contribution in [2.24, 2.45) is 28.9 Å². The van der Waals surface area contributed by atoms with Gasteiger partial charge in [-0.05, 0) is 55.1 Å². The monoisotopic (exact) mass is 672 g/mol. The Morgan fingerprint density at radius 1 is 1.24 bits per heavy atom. The summed E-state index contributed by atoms with van der Waals surface area (Å²) in [6.07, 6.45) is 5.58. The Kier molecular flexibility index (Phi) is 17.0. The van der Waals surface area contributed by atoms with Gasteiger partial charge in [-0.15, -0.1) is 0 Å². The van der Waals surface area contributed by atoms with Crippen LogP contribution in [0.2, 0.25) is 0 Å². The summed E-state index contributed by atoms with van der Waals surface area (Å²) in [5.74, 6) is 1.09. The summed E-state index contributed by atoms with van der Waals surface area (Å²) in [7, 11) is 3.01. The number of benzene rings is 1. The average molecular weight is 673 g/mol. The third kappa shape index (κ3) is 11.8. The first-order chi connectivity index (χ1) is 20.8. The molecule has 3 N–H and O–H groups in total. The molecule has 5 atom stereocenters. The average Bonchev–Trinajstić information content (AvgIpc) is 3.49. The number of likely N-dealkylation sites (tertiary alicyclic amines) is 1. The topological polar surface area (TPSA) is 145 Å². The van der Waals surface area contributed by atoms with Crippen LogP contribution < -0.4 is 16.0 Å². The molecule has 2 fully saturated rings. The van der Waals surface area contributed by atoms with Gasteiger partial charge in [-0.25, -0.2) is 20.1 Å². The van der Waals surface area contributed by atoms with Crippen LogP contribution in [-0.4, -0.2) is 72.8 Å². The van der Waals surface area contributed by atoms with Gasteiger partial charge < -0.3 is 29.9 Å². The summed E-state index contributed by atoms with van der Waals surface area (Å²) in [6.45, 7) is 7.93. The number of carbonyl (C=O) groups excluding carboxylic acids is 3. The molecule has 1 aliphatic heterocycles. The molecule has 13 heteroatoms. The fourth-order valence-electron chi connectivity index (χ4n) is 5.53. The van der Waals surface area contributed by atoms with Gasteiger partial charge in [0, 0.05) is 44.2 Å². The molecule has 2 heterocycles. The molecule has 1 aromatic carbocycles. The Hall–Kier alpha value is -2.83. The maximum absolute atomic E-state index is 12.8. The van der Waals surface area contributed by atoms with Crippen LogP contribution in [0.25, 0.3) is 11.0 Å². The van der Waals surface area contributed by atoms with Gasteiger partial charge in [0.05, 0.1) is 18.1 Å². The summed E-state index contributed by atoms with van der Waals surface area (Å²) in [6, 6.07) is 4.40. The molecule has 10 nitrogen and oxygen atoms in total. The van der Waals surface area contributed by atoms with Crippen LogP contribution in [0.5, 0.6) is 5.75 Å². The summed E-state index contributed by atoms with van der Waals surface area (Å²) >= 11 is 0. The number of primary amides is 1. The van der Waals surface area contributed by atoms with E-state index in [-0.39, 0.29) is 43.5 Å². The molecule has 4 unspecified atom stereocenters. The Balaban J connectivity index is 0.000000410. The van der Waals surface area contributed by atoms with Crippen LogP contribution in [0.1, 0.15) is 71.9 Å². The molecule has 251 valence electrons. The number of aromatic nitrogens is 2. The molecule has 45 heavy (non-hydrogen) atoms. The SMILES string of the molecule is CO[C@H](C(=O)N1CCC(C(F)F)C1[C-]=O)C(C)(C)C.COc1ccc2nc(CCCCCC3CC3C)c(=O)[nH]c2c1.NC=O.[V]. The second kappa shape index (κ2) is 19.0. The summed E-state index contributed by atoms with van der Waals surface area (Å²) < 4.78 is 35.9. The number of nitrogens with zero attached hydrogens (tertiary/aromatic N) is 2. The van der Waals surface area contributed by atoms with E-state index in [0.29, 0.717) is 5.69 Å². The number of alkyl halides is 2. The number of nitrogens with two attached hydrogens (primary N) is 1. The number of H-pyrrole nitrogens is 1. The number of halogens is 2. The number of carbonyl (C=O) groups is 2. The number of rotatable bonds is 11. The molecular formula is C32H47F2N4O6V-. The summed E-state index contributed by atoms with van der Waals surface area (Å²) in [5, 5.41) is 0. The first kappa shape index (κ1) is 40.2. The van der Waals surface area contributed by atoms with E-state index in [9.17, 15) is 23.2 Å². The quantitative estimate of drug-likeness (QED) is 0.204. The summed E-state index contributed by atoms with van der Waals surface area (Å²) in [4.78, 5) is 52.5. The molecule has 2 aromatic rings. The third-order valence-corrected chi connectivity index (χ3v) is 8.15. The minimum absolute atomic E-state index is 0. The number of unbranched alkanes of at least 4 members (excludes halogenated alkanes) is 2. The Morgan fingerprint density at radius 3 is 2.40 bits per heavy atom. The predicted molar refractivity (Wildman–Crippen MR) is 164 cm³/mol. The second-order valence-electron chi connectivity index (χ2n) is 12.5. The molecule has 0 bridgehead atoms. The van der Waals surface area contributed by atoms with Crippen molar-refractivity contribution in [2.75, 3.05) is 20.8 Å². The van der Waals surface area contributed by atoms with Crippen LogP contribution in [0.4, 0.5) is 8.78 Å².